The normalized spacial score (nSPS) is 14.7. The molecule has 0 atom stereocenters. The van der Waals surface area contributed by atoms with Crippen molar-refractivity contribution in [1.82, 2.24) is 14.7 Å². The molecule has 30 heavy (non-hydrogen) atoms. The second-order valence-electron chi connectivity index (χ2n) is 7.04. The van der Waals surface area contributed by atoms with Crippen LogP contribution >= 0.6 is 11.3 Å². The van der Waals surface area contributed by atoms with Gasteiger partial charge in [0.2, 0.25) is 5.43 Å². The van der Waals surface area contributed by atoms with Gasteiger partial charge in [0.25, 0.3) is 5.91 Å². The molecule has 1 saturated heterocycles. The number of nitrogens with one attached hydrogen (secondary N) is 1. The fourth-order valence-electron chi connectivity index (χ4n) is 3.85. The van der Waals surface area contributed by atoms with E-state index < -0.39 is 17.2 Å². The number of nitrogens with zero attached hydrogens (tertiary/aromatic N) is 3. The minimum Gasteiger partial charge on any atom is -0.378 e. The molecule has 3 aromatic heterocycles. The van der Waals surface area contributed by atoms with Gasteiger partial charge < -0.3 is 15.0 Å². The SMILES string of the molecule is CCNC(=O)c1c(=O)c2cc(F)c(N3CCOCC3)nc2n2c1sc1ccccc12. The second kappa shape index (κ2) is 7.33. The van der Waals surface area contributed by atoms with E-state index in [0.717, 1.165) is 10.2 Å². The zero-order valence-electron chi connectivity index (χ0n) is 16.3. The quantitative estimate of drug-likeness (QED) is 0.545. The first-order valence-corrected chi connectivity index (χ1v) is 10.6. The van der Waals surface area contributed by atoms with E-state index >= 15 is 4.39 Å². The largest absolute Gasteiger partial charge is 0.378 e. The highest BCUT2D eigenvalue weighted by atomic mass is 32.1. The van der Waals surface area contributed by atoms with Gasteiger partial charge in [0.15, 0.2) is 17.3 Å². The number of ether oxygens (including phenoxy) is 1. The number of rotatable bonds is 3. The first-order valence-electron chi connectivity index (χ1n) is 9.77. The zero-order valence-corrected chi connectivity index (χ0v) is 17.1. The van der Waals surface area contributed by atoms with E-state index in [0.29, 0.717) is 43.3 Å². The molecule has 0 spiro atoms. The summed E-state index contributed by atoms with van der Waals surface area (Å²) in [4.78, 5) is 32.9. The average Bonchev–Trinajstić information content (AvgIpc) is 3.13. The first kappa shape index (κ1) is 19.0. The Bertz CT molecular complexity index is 1360. The summed E-state index contributed by atoms with van der Waals surface area (Å²) in [5.41, 5.74) is 0.678. The van der Waals surface area contributed by atoms with Gasteiger partial charge in [-0.3, -0.25) is 14.0 Å². The van der Waals surface area contributed by atoms with Gasteiger partial charge in [0, 0.05) is 19.6 Å². The van der Waals surface area contributed by atoms with Crippen molar-refractivity contribution >= 4 is 49.1 Å². The van der Waals surface area contributed by atoms with E-state index in [1.165, 1.54) is 17.4 Å². The predicted molar refractivity (Wildman–Crippen MR) is 115 cm³/mol. The van der Waals surface area contributed by atoms with Crippen molar-refractivity contribution in [3.8, 4) is 0 Å². The summed E-state index contributed by atoms with van der Waals surface area (Å²) in [6, 6.07) is 8.82. The molecular formula is C21H19FN4O3S. The standard InChI is InChI=1S/C21H19FN4O3S/c1-2-23-20(28)16-17(27)12-11-13(22)19(25-7-9-29-10-8-25)24-18(12)26-14-5-3-4-6-15(14)30-21(16)26/h3-6,11H,2,7-10H2,1H3,(H,23,28). The lowest BCUT2D eigenvalue weighted by molar-refractivity contribution is 0.0956. The Morgan fingerprint density at radius 2 is 2.07 bits per heavy atom. The van der Waals surface area contributed by atoms with E-state index in [1.54, 1.807) is 11.3 Å². The van der Waals surface area contributed by atoms with Gasteiger partial charge in [0.1, 0.15) is 10.4 Å². The molecular weight excluding hydrogens is 407 g/mol. The van der Waals surface area contributed by atoms with Crippen LogP contribution in [0.5, 0.6) is 0 Å². The number of pyridine rings is 2. The molecule has 5 rings (SSSR count). The van der Waals surface area contributed by atoms with Crippen LogP contribution in [0, 0.1) is 5.82 Å². The van der Waals surface area contributed by atoms with Gasteiger partial charge in [-0.25, -0.2) is 9.37 Å². The number of carbonyl (C=O) groups excluding carboxylic acids is 1. The Morgan fingerprint density at radius 1 is 1.30 bits per heavy atom. The summed E-state index contributed by atoms with van der Waals surface area (Å²) >= 11 is 1.35. The van der Waals surface area contributed by atoms with Crippen LogP contribution in [0.3, 0.4) is 0 Å². The number of morpholine rings is 1. The zero-order chi connectivity index (χ0) is 20.8. The number of benzene rings is 1. The minimum atomic E-state index is -0.581. The van der Waals surface area contributed by atoms with E-state index in [-0.39, 0.29) is 16.8 Å². The molecule has 4 heterocycles. The number of para-hydroxylation sites is 1. The number of amides is 1. The lowest BCUT2D eigenvalue weighted by Crippen LogP contribution is -2.37. The summed E-state index contributed by atoms with van der Waals surface area (Å²) in [6.45, 7) is 4.20. The Kier molecular flexibility index (Phi) is 4.63. The number of hydrogen-bond donors (Lipinski definition) is 1. The van der Waals surface area contributed by atoms with E-state index in [2.05, 4.69) is 10.3 Å². The van der Waals surface area contributed by atoms with E-state index in [1.807, 2.05) is 29.2 Å². The molecule has 1 N–H and O–H groups in total. The summed E-state index contributed by atoms with van der Waals surface area (Å²) in [7, 11) is 0. The molecule has 1 aromatic carbocycles. The van der Waals surface area contributed by atoms with Crippen LogP contribution in [0.25, 0.3) is 26.1 Å². The van der Waals surface area contributed by atoms with Crippen molar-refractivity contribution in [1.29, 1.82) is 0 Å². The molecule has 1 aliphatic heterocycles. The number of thiazole rings is 1. The predicted octanol–water partition coefficient (Wildman–Crippen LogP) is 2.79. The van der Waals surface area contributed by atoms with Gasteiger partial charge in [-0.05, 0) is 25.1 Å². The summed E-state index contributed by atoms with van der Waals surface area (Å²) in [5.74, 6) is -0.853. The molecule has 0 saturated carbocycles. The average molecular weight is 426 g/mol. The molecule has 0 unspecified atom stereocenters. The molecule has 1 amide bonds. The minimum absolute atomic E-state index is 0.0193. The van der Waals surface area contributed by atoms with Crippen molar-refractivity contribution in [2.75, 3.05) is 37.7 Å². The van der Waals surface area contributed by atoms with Crippen molar-refractivity contribution in [2.24, 2.45) is 0 Å². The Labute approximate surface area is 174 Å². The van der Waals surface area contributed by atoms with Crippen molar-refractivity contribution < 1.29 is 13.9 Å². The van der Waals surface area contributed by atoms with Gasteiger partial charge >= 0.3 is 0 Å². The Balaban J connectivity index is 1.91. The lowest BCUT2D eigenvalue weighted by Gasteiger charge is -2.28. The van der Waals surface area contributed by atoms with Crippen molar-refractivity contribution in [3.05, 3.63) is 51.9 Å². The van der Waals surface area contributed by atoms with E-state index in [9.17, 15) is 9.59 Å². The highest BCUT2D eigenvalue weighted by molar-refractivity contribution is 7.24. The van der Waals surface area contributed by atoms with Crippen LogP contribution < -0.4 is 15.6 Å². The first-order chi connectivity index (χ1) is 14.6. The molecule has 0 aliphatic carbocycles. The fraction of sp³-hybridized carbons (Fsp3) is 0.286. The topological polar surface area (TPSA) is 75.9 Å². The number of anilines is 1. The third-order valence-corrected chi connectivity index (χ3v) is 6.37. The Hall–Kier alpha value is -3.04. The molecule has 7 nitrogen and oxygen atoms in total. The maximum Gasteiger partial charge on any atom is 0.258 e. The van der Waals surface area contributed by atoms with Crippen molar-refractivity contribution in [2.45, 2.75) is 6.92 Å². The summed E-state index contributed by atoms with van der Waals surface area (Å²) < 4.78 is 23.1. The van der Waals surface area contributed by atoms with E-state index in [4.69, 9.17) is 4.74 Å². The number of carbonyl (C=O) groups is 1. The summed E-state index contributed by atoms with van der Waals surface area (Å²) in [6.07, 6.45) is 0. The van der Waals surface area contributed by atoms with Crippen LogP contribution in [0.15, 0.2) is 35.1 Å². The third-order valence-electron chi connectivity index (χ3n) is 5.23. The highest BCUT2D eigenvalue weighted by Gasteiger charge is 2.25. The Morgan fingerprint density at radius 3 is 2.83 bits per heavy atom. The summed E-state index contributed by atoms with van der Waals surface area (Å²) in [5, 5.41) is 2.79. The smallest absolute Gasteiger partial charge is 0.258 e. The number of aromatic nitrogens is 2. The molecule has 154 valence electrons. The van der Waals surface area contributed by atoms with Crippen molar-refractivity contribution in [3.63, 3.8) is 0 Å². The number of fused-ring (bicyclic) bond motifs is 5. The van der Waals surface area contributed by atoms with Gasteiger partial charge in [-0.2, -0.15) is 0 Å². The van der Waals surface area contributed by atoms with Gasteiger partial charge in [0.05, 0.1) is 28.8 Å². The molecule has 0 radical (unpaired) electrons. The number of halogens is 1. The van der Waals surface area contributed by atoms with Crippen LogP contribution in [0.4, 0.5) is 10.2 Å². The molecule has 1 fully saturated rings. The second-order valence-corrected chi connectivity index (χ2v) is 8.07. The maximum atomic E-state index is 15.0. The maximum absolute atomic E-state index is 15.0. The molecule has 0 bridgehead atoms. The number of hydrogen-bond acceptors (Lipinski definition) is 6. The lowest BCUT2D eigenvalue weighted by atomic mass is 10.1. The van der Waals surface area contributed by atoms with Gasteiger partial charge in [-0.1, -0.05) is 12.1 Å². The van der Waals surface area contributed by atoms with Crippen LogP contribution in [-0.4, -0.2) is 48.1 Å². The van der Waals surface area contributed by atoms with Crippen LogP contribution in [0.2, 0.25) is 0 Å². The highest BCUT2D eigenvalue weighted by Crippen LogP contribution is 2.32. The van der Waals surface area contributed by atoms with Gasteiger partial charge in [-0.15, -0.1) is 11.3 Å². The molecule has 4 aromatic rings. The molecule has 1 aliphatic rings. The monoisotopic (exact) mass is 426 g/mol. The fourth-order valence-corrected chi connectivity index (χ4v) is 5.03. The van der Waals surface area contributed by atoms with Crippen LogP contribution in [0.1, 0.15) is 17.3 Å². The van der Waals surface area contributed by atoms with Crippen LogP contribution in [-0.2, 0) is 4.74 Å². The third kappa shape index (κ3) is 2.85. The molecule has 9 heteroatoms.